The fourth-order valence-corrected chi connectivity index (χ4v) is 0.835. The van der Waals surface area contributed by atoms with Crippen molar-refractivity contribution < 1.29 is 58.6 Å². The molecule has 0 amide bonds. The van der Waals surface area contributed by atoms with Crippen LogP contribution in [-0.4, -0.2) is 33.8 Å². The molecule has 0 aromatic heterocycles. The van der Waals surface area contributed by atoms with Crippen LogP contribution in [0.5, 0.6) is 0 Å². The van der Waals surface area contributed by atoms with Crippen LogP contribution in [0.15, 0.2) is 0 Å². The normalized spacial score (nSPS) is 15.9. The molecular weight excluding hydrogens is 314 g/mol. The van der Waals surface area contributed by atoms with Crippen molar-refractivity contribution in [2.24, 2.45) is 0 Å². The maximum absolute atomic E-state index is 12.3. The van der Waals surface area contributed by atoms with Gasteiger partial charge in [-0.15, -0.1) is 0 Å². The van der Waals surface area contributed by atoms with Gasteiger partial charge in [-0.05, 0) is 0 Å². The summed E-state index contributed by atoms with van der Waals surface area (Å²) in [7, 11) is -7.04. The molecule has 0 saturated heterocycles. The lowest BCUT2D eigenvalue weighted by Crippen LogP contribution is -2.51. The summed E-state index contributed by atoms with van der Waals surface area (Å²) in [6.45, 7) is 0. The van der Waals surface area contributed by atoms with Crippen molar-refractivity contribution in [3.63, 3.8) is 0 Å². The standard InChI is InChI=1S/C4H2F9O4P/c5-1(6,7)2(8,9)17-3(10,11)4(12,13)18(14,15)16/h(H2,14,15,16). The first-order valence-electron chi connectivity index (χ1n) is 3.42. The quantitative estimate of drug-likeness (QED) is 0.618. The van der Waals surface area contributed by atoms with E-state index in [-0.39, 0.29) is 0 Å². The predicted octanol–water partition coefficient (Wildman–Crippen LogP) is 2.52. The molecule has 0 aliphatic carbocycles. The fraction of sp³-hybridized carbons (Fsp3) is 1.00. The van der Waals surface area contributed by atoms with Crippen LogP contribution in [0.1, 0.15) is 0 Å². The zero-order chi connectivity index (χ0) is 15.2. The van der Waals surface area contributed by atoms with Crippen LogP contribution in [-0.2, 0) is 9.30 Å². The molecule has 0 radical (unpaired) electrons. The predicted molar refractivity (Wildman–Crippen MR) is 34.0 cm³/mol. The summed E-state index contributed by atoms with van der Waals surface area (Å²) in [6, 6.07) is 0. The van der Waals surface area contributed by atoms with Crippen molar-refractivity contribution in [1.29, 1.82) is 0 Å². The lowest BCUT2D eigenvalue weighted by molar-refractivity contribution is -0.477. The van der Waals surface area contributed by atoms with E-state index in [0.717, 1.165) is 0 Å². The number of hydrogen-bond acceptors (Lipinski definition) is 2. The third-order valence-corrected chi connectivity index (χ3v) is 2.29. The average molecular weight is 316 g/mol. The molecule has 0 aromatic rings. The second-order valence-corrected chi connectivity index (χ2v) is 4.37. The molecule has 110 valence electrons. The second-order valence-electron chi connectivity index (χ2n) is 2.72. The van der Waals surface area contributed by atoms with Gasteiger partial charge in [0.2, 0.25) is 0 Å². The molecule has 0 bridgehead atoms. The van der Waals surface area contributed by atoms with Crippen molar-refractivity contribution in [3.8, 4) is 0 Å². The van der Waals surface area contributed by atoms with E-state index >= 15 is 0 Å². The maximum Gasteiger partial charge on any atom is 0.483 e. The highest BCUT2D eigenvalue weighted by molar-refractivity contribution is 7.53. The Morgan fingerprint density at radius 2 is 1.11 bits per heavy atom. The summed E-state index contributed by atoms with van der Waals surface area (Å²) in [5, 5.41) is 0. The smallest absolute Gasteiger partial charge is 0.320 e. The Labute approximate surface area is 91.5 Å². The molecule has 14 heteroatoms. The van der Waals surface area contributed by atoms with E-state index in [2.05, 4.69) is 0 Å². The fourth-order valence-electron chi connectivity index (χ4n) is 0.450. The number of halogens is 9. The van der Waals surface area contributed by atoms with Gasteiger partial charge in [0, 0.05) is 0 Å². The van der Waals surface area contributed by atoms with Gasteiger partial charge in [0.1, 0.15) is 0 Å². The number of ether oxygens (including phenoxy) is 1. The Kier molecular flexibility index (Phi) is 4.13. The second kappa shape index (κ2) is 4.25. The van der Waals surface area contributed by atoms with Gasteiger partial charge in [-0.1, -0.05) is 0 Å². The summed E-state index contributed by atoms with van der Waals surface area (Å²) in [6.07, 6.45) is -20.2. The van der Waals surface area contributed by atoms with Crippen LogP contribution in [0.2, 0.25) is 0 Å². The number of hydrogen-bond donors (Lipinski definition) is 2. The molecule has 0 rings (SSSR count). The van der Waals surface area contributed by atoms with E-state index < -0.39 is 31.7 Å². The largest absolute Gasteiger partial charge is 0.483 e. The number of rotatable bonds is 4. The van der Waals surface area contributed by atoms with Gasteiger partial charge in [0.25, 0.3) is 0 Å². The van der Waals surface area contributed by atoms with Crippen molar-refractivity contribution in [3.05, 3.63) is 0 Å². The minimum Gasteiger partial charge on any atom is -0.320 e. The molecule has 0 unspecified atom stereocenters. The topological polar surface area (TPSA) is 66.8 Å². The summed E-state index contributed by atoms with van der Waals surface area (Å²) in [4.78, 5) is 15.5. The van der Waals surface area contributed by atoms with E-state index in [1.807, 2.05) is 0 Å². The molecule has 0 heterocycles. The van der Waals surface area contributed by atoms with E-state index in [4.69, 9.17) is 9.79 Å². The van der Waals surface area contributed by atoms with Crippen molar-refractivity contribution >= 4 is 7.60 Å². The zero-order valence-corrected chi connectivity index (χ0v) is 8.45. The molecular formula is C4H2F9O4P. The summed E-state index contributed by atoms with van der Waals surface area (Å²) in [5.74, 6) is 0. The van der Waals surface area contributed by atoms with Crippen LogP contribution in [0.25, 0.3) is 0 Å². The lowest BCUT2D eigenvalue weighted by atomic mass is 10.5. The Bertz CT molecular complexity index is 356. The molecule has 2 N–H and O–H groups in total. The summed E-state index contributed by atoms with van der Waals surface area (Å²) in [5.41, 5.74) is -6.56. The van der Waals surface area contributed by atoms with Crippen molar-refractivity contribution in [1.82, 2.24) is 0 Å². The van der Waals surface area contributed by atoms with Crippen LogP contribution in [0.3, 0.4) is 0 Å². The Hall–Kier alpha value is -0.520. The van der Waals surface area contributed by atoms with Crippen LogP contribution < -0.4 is 0 Å². The highest BCUT2D eigenvalue weighted by Gasteiger charge is 2.75. The molecule has 0 saturated carbocycles. The molecule has 0 fully saturated rings. The van der Waals surface area contributed by atoms with Crippen LogP contribution >= 0.6 is 7.60 Å². The Morgan fingerprint density at radius 3 is 1.33 bits per heavy atom. The monoisotopic (exact) mass is 316 g/mol. The lowest BCUT2D eigenvalue weighted by Gasteiger charge is -2.30. The first kappa shape index (κ1) is 17.5. The van der Waals surface area contributed by atoms with Crippen LogP contribution in [0.4, 0.5) is 39.5 Å². The number of alkyl halides is 9. The minimum atomic E-state index is -7.04. The Morgan fingerprint density at radius 1 is 0.778 bits per heavy atom. The molecule has 18 heavy (non-hydrogen) atoms. The molecule has 0 aliphatic rings. The third kappa shape index (κ3) is 3.08. The molecule has 0 aliphatic heterocycles. The SMILES string of the molecule is O=P(O)(O)C(F)(F)C(F)(F)OC(F)(F)C(F)(F)F. The van der Waals surface area contributed by atoms with Gasteiger partial charge in [-0.2, -0.15) is 39.5 Å². The van der Waals surface area contributed by atoms with Crippen LogP contribution in [0, 0.1) is 0 Å². The highest BCUT2D eigenvalue weighted by atomic mass is 31.2. The minimum absolute atomic E-state index is 1.55. The summed E-state index contributed by atoms with van der Waals surface area (Å²) >= 11 is 0. The van der Waals surface area contributed by atoms with Gasteiger partial charge < -0.3 is 9.79 Å². The zero-order valence-electron chi connectivity index (χ0n) is 7.56. The van der Waals surface area contributed by atoms with Gasteiger partial charge in [-0.3, -0.25) is 4.57 Å². The van der Waals surface area contributed by atoms with Crippen molar-refractivity contribution in [2.75, 3.05) is 0 Å². The Balaban J connectivity index is 5.40. The summed E-state index contributed by atoms with van der Waals surface area (Å²) < 4.78 is 119. The maximum atomic E-state index is 12.3. The van der Waals surface area contributed by atoms with E-state index in [0.29, 0.717) is 0 Å². The molecule has 4 nitrogen and oxygen atoms in total. The molecule has 0 atom stereocenters. The average Bonchev–Trinajstić information content (AvgIpc) is 1.96. The molecule has 0 spiro atoms. The first-order chi connectivity index (χ1) is 7.46. The van der Waals surface area contributed by atoms with E-state index in [1.54, 1.807) is 4.74 Å². The third-order valence-electron chi connectivity index (χ3n) is 1.30. The van der Waals surface area contributed by atoms with Gasteiger partial charge >= 0.3 is 31.7 Å². The van der Waals surface area contributed by atoms with Gasteiger partial charge in [0.15, 0.2) is 0 Å². The highest BCUT2D eigenvalue weighted by Crippen LogP contribution is 2.61. The van der Waals surface area contributed by atoms with Crippen molar-refractivity contribution in [2.45, 2.75) is 24.1 Å². The first-order valence-corrected chi connectivity index (χ1v) is 5.03. The van der Waals surface area contributed by atoms with Gasteiger partial charge in [-0.25, -0.2) is 4.74 Å². The van der Waals surface area contributed by atoms with Gasteiger partial charge in [0.05, 0.1) is 0 Å². The molecule has 0 aromatic carbocycles. The van der Waals surface area contributed by atoms with E-state index in [9.17, 15) is 44.1 Å². The van der Waals surface area contributed by atoms with E-state index in [1.165, 1.54) is 0 Å².